The molecule has 1 N–H and O–H groups in total. The summed E-state index contributed by atoms with van der Waals surface area (Å²) in [5.74, 6) is 1.36. The number of hydrogen-bond donors (Lipinski definition) is 1. The molecule has 9 heteroatoms. The van der Waals surface area contributed by atoms with Crippen molar-refractivity contribution >= 4 is 28.5 Å². The van der Waals surface area contributed by atoms with Gasteiger partial charge in [0.1, 0.15) is 0 Å². The Bertz CT molecular complexity index is 856. The van der Waals surface area contributed by atoms with Gasteiger partial charge in [-0.05, 0) is 41.9 Å². The average molecular weight is 408 g/mol. The number of alkyl halides is 3. The zero-order valence-electron chi connectivity index (χ0n) is 14.9. The average Bonchev–Trinajstić information content (AvgIpc) is 3.08. The molecule has 0 bridgehead atoms. The van der Waals surface area contributed by atoms with Gasteiger partial charge in [0.05, 0.1) is 0 Å². The minimum atomic E-state index is -4.39. The van der Waals surface area contributed by atoms with E-state index >= 15 is 0 Å². The van der Waals surface area contributed by atoms with Crippen LogP contribution in [-0.4, -0.2) is 35.5 Å². The fourth-order valence-electron chi connectivity index (χ4n) is 3.84. The SMILES string of the molecule is O=C(/C=C/c1cccnc1)NCC[C@@H]1[C@H]2CN(c3nc(C(F)(F)F)cs3)C[C@@H]12. The third-order valence-corrected chi connectivity index (χ3v) is 6.21. The number of carbonyl (C=O) groups excluding carboxylic acids is 1. The molecule has 2 aromatic rings. The van der Waals surface area contributed by atoms with Crippen LogP contribution in [0.3, 0.4) is 0 Å². The number of piperidine rings is 1. The summed E-state index contributed by atoms with van der Waals surface area (Å²) in [6.45, 7) is 2.09. The van der Waals surface area contributed by atoms with Crippen molar-refractivity contribution in [2.24, 2.45) is 17.8 Å². The fraction of sp³-hybridized carbons (Fsp3) is 0.421. The van der Waals surface area contributed by atoms with Crippen molar-refractivity contribution in [3.63, 3.8) is 0 Å². The maximum Gasteiger partial charge on any atom is 0.434 e. The number of hydrogen-bond acceptors (Lipinski definition) is 5. The Morgan fingerprint density at radius 3 is 2.79 bits per heavy atom. The summed E-state index contributed by atoms with van der Waals surface area (Å²) >= 11 is 1.05. The van der Waals surface area contributed by atoms with E-state index < -0.39 is 11.9 Å². The van der Waals surface area contributed by atoms with Crippen LogP contribution in [0.1, 0.15) is 17.7 Å². The topological polar surface area (TPSA) is 58.1 Å². The van der Waals surface area contributed by atoms with Gasteiger partial charge >= 0.3 is 6.18 Å². The Hall–Kier alpha value is -2.42. The molecule has 1 aliphatic heterocycles. The number of pyridine rings is 1. The summed E-state index contributed by atoms with van der Waals surface area (Å²) in [5.41, 5.74) is 0.0528. The highest BCUT2D eigenvalue weighted by Crippen LogP contribution is 2.54. The van der Waals surface area contributed by atoms with Crippen LogP contribution in [0.25, 0.3) is 6.08 Å². The Balaban J connectivity index is 1.18. The van der Waals surface area contributed by atoms with Gasteiger partial charge in [-0.2, -0.15) is 13.2 Å². The molecule has 0 aromatic carbocycles. The molecule has 5 nitrogen and oxygen atoms in total. The number of halogens is 3. The van der Waals surface area contributed by atoms with E-state index in [0.717, 1.165) is 41.8 Å². The summed E-state index contributed by atoms with van der Waals surface area (Å²) in [5, 5.41) is 4.41. The predicted molar refractivity (Wildman–Crippen MR) is 101 cm³/mol. The third kappa shape index (κ3) is 4.19. The van der Waals surface area contributed by atoms with Crippen molar-refractivity contribution in [3.8, 4) is 0 Å². The van der Waals surface area contributed by atoms with Crippen LogP contribution in [0.15, 0.2) is 36.0 Å². The predicted octanol–water partition coefficient (Wildman–Crippen LogP) is 3.46. The molecule has 2 aliphatic rings. The van der Waals surface area contributed by atoms with Crippen LogP contribution in [0.4, 0.5) is 18.3 Å². The van der Waals surface area contributed by atoms with Crippen LogP contribution in [0.2, 0.25) is 0 Å². The summed E-state index contributed by atoms with van der Waals surface area (Å²) in [6, 6.07) is 3.68. The molecule has 2 aromatic heterocycles. The first-order valence-corrected chi connectivity index (χ1v) is 9.93. The molecule has 0 spiro atoms. The molecule has 2 fully saturated rings. The highest BCUT2D eigenvalue weighted by molar-refractivity contribution is 7.13. The molecule has 0 radical (unpaired) electrons. The monoisotopic (exact) mass is 408 g/mol. The second-order valence-corrected chi connectivity index (χ2v) is 7.95. The Kier molecular flexibility index (Phi) is 5.09. The summed E-state index contributed by atoms with van der Waals surface area (Å²) in [7, 11) is 0. The molecular formula is C19H19F3N4OS. The minimum Gasteiger partial charge on any atom is -0.353 e. The van der Waals surface area contributed by atoms with Crippen LogP contribution in [0, 0.1) is 17.8 Å². The smallest absolute Gasteiger partial charge is 0.353 e. The zero-order chi connectivity index (χ0) is 19.7. The first-order valence-electron chi connectivity index (χ1n) is 9.05. The number of nitrogens with one attached hydrogen (secondary N) is 1. The minimum absolute atomic E-state index is 0.140. The molecule has 3 atom stereocenters. The van der Waals surface area contributed by atoms with Crippen LogP contribution in [0.5, 0.6) is 0 Å². The zero-order valence-corrected chi connectivity index (χ0v) is 15.7. The third-order valence-electron chi connectivity index (χ3n) is 5.31. The van der Waals surface area contributed by atoms with E-state index in [1.807, 2.05) is 17.0 Å². The van der Waals surface area contributed by atoms with Crippen LogP contribution in [-0.2, 0) is 11.0 Å². The number of fused-ring (bicyclic) bond motifs is 1. The normalized spacial score (nSPS) is 23.8. The lowest BCUT2D eigenvalue weighted by Gasteiger charge is -2.18. The van der Waals surface area contributed by atoms with Crippen molar-refractivity contribution in [3.05, 3.63) is 47.2 Å². The quantitative estimate of drug-likeness (QED) is 0.744. The lowest BCUT2D eigenvalue weighted by Crippen LogP contribution is -2.26. The Morgan fingerprint density at radius 2 is 2.14 bits per heavy atom. The van der Waals surface area contributed by atoms with Gasteiger partial charge in [0.15, 0.2) is 10.8 Å². The Morgan fingerprint density at radius 1 is 1.36 bits per heavy atom. The fourth-order valence-corrected chi connectivity index (χ4v) is 4.69. The first-order chi connectivity index (χ1) is 13.4. The van der Waals surface area contributed by atoms with E-state index in [9.17, 15) is 18.0 Å². The Labute approximate surface area is 164 Å². The van der Waals surface area contributed by atoms with Gasteiger partial charge in [-0.25, -0.2) is 4.98 Å². The van der Waals surface area contributed by atoms with Gasteiger partial charge in [-0.3, -0.25) is 9.78 Å². The molecule has 4 rings (SSSR count). The summed E-state index contributed by atoms with van der Waals surface area (Å²) < 4.78 is 38.0. The van der Waals surface area contributed by atoms with Crippen molar-refractivity contribution < 1.29 is 18.0 Å². The van der Waals surface area contributed by atoms with Crippen molar-refractivity contribution in [2.45, 2.75) is 12.6 Å². The maximum atomic E-state index is 12.7. The van der Waals surface area contributed by atoms with E-state index in [0.29, 0.717) is 29.4 Å². The summed E-state index contributed by atoms with van der Waals surface area (Å²) in [6.07, 6.45) is 3.07. The number of anilines is 1. The largest absolute Gasteiger partial charge is 0.434 e. The van der Waals surface area contributed by atoms with Gasteiger partial charge in [-0.1, -0.05) is 6.07 Å². The number of aromatic nitrogens is 2. The number of rotatable bonds is 6. The van der Waals surface area contributed by atoms with Crippen molar-refractivity contribution in [2.75, 3.05) is 24.5 Å². The van der Waals surface area contributed by atoms with Gasteiger partial charge in [0.2, 0.25) is 5.91 Å². The summed E-state index contributed by atoms with van der Waals surface area (Å²) in [4.78, 5) is 21.5. The van der Waals surface area contributed by atoms with E-state index in [4.69, 9.17) is 0 Å². The number of nitrogens with zero attached hydrogens (tertiary/aromatic N) is 3. The number of amides is 1. The van der Waals surface area contributed by atoms with E-state index in [2.05, 4.69) is 15.3 Å². The maximum absolute atomic E-state index is 12.7. The molecule has 1 amide bonds. The van der Waals surface area contributed by atoms with Gasteiger partial charge in [0, 0.05) is 43.5 Å². The van der Waals surface area contributed by atoms with Crippen LogP contribution >= 0.6 is 11.3 Å². The number of carbonyl (C=O) groups is 1. The lowest BCUT2D eigenvalue weighted by atomic mass is 10.2. The van der Waals surface area contributed by atoms with E-state index in [1.165, 1.54) is 6.08 Å². The molecule has 1 aliphatic carbocycles. The van der Waals surface area contributed by atoms with E-state index in [-0.39, 0.29) is 5.91 Å². The number of thiazole rings is 1. The van der Waals surface area contributed by atoms with Crippen molar-refractivity contribution in [1.82, 2.24) is 15.3 Å². The van der Waals surface area contributed by atoms with Crippen molar-refractivity contribution in [1.29, 1.82) is 0 Å². The van der Waals surface area contributed by atoms with Gasteiger partial charge < -0.3 is 10.2 Å². The van der Waals surface area contributed by atoms with Crippen LogP contribution < -0.4 is 10.2 Å². The first kappa shape index (κ1) is 18.9. The standard InChI is InChI=1S/C19H19F3N4OS/c20-19(21,22)16-11-28-18(25-16)26-9-14-13(15(14)10-26)5-7-24-17(27)4-3-12-2-1-6-23-8-12/h1-4,6,8,11,13-15H,5,7,9-10H2,(H,24,27)/b4-3+/t13-,14-,15+. The second-order valence-electron chi connectivity index (χ2n) is 7.11. The highest BCUT2D eigenvalue weighted by Gasteiger charge is 2.55. The molecule has 0 unspecified atom stereocenters. The van der Waals surface area contributed by atoms with Gasteiger partial charge in [-0.15, -0.1) is 11.3 Å². The molecular weight excluding hydrogens is 389 g/mol. The molecule has 1 saturated carbocycles. The molecule has 3 heterocycles. The second kappa shape index (κ2) is 7.54. The molecule has 1 saturated heterocycles. The lowest BCUT2D eigenvalue weighted by molar-refractivity contribution is -0.140. The molecule has 148 valence electrons. The van der Waals surface area contributed by atoms with Gasteiger partial charge in [0.25, 0.3) is 0 Å². The van der Waals surface area contributed by atoms with E-state index in [1.54, 1.807) is 18.5 Å². The molecule has 28 heavy (non-hydrogen) atoms. The highest BCUT2D eigenvalue weighted by atomic mass is 32.1.